The lowest BCUT2D eigenvalue weighted by Gasteiger charge is -2.09. The number of ether oxygens (including phenoxy) is 1. The molecule has 5 heteroatoms. The van der Waals surface area contributed by atoms with Crippen LogP contribution in [0.2, 0.25) is 0 Å². The molecular formula is C17H11FN2O2. The van der Waals surface area contributed by atoms with E-state index in [1.807, 2.05) is 0 Å². The van der Waals surface area contributed by atoms with Crippen molar-refractivity contribution in [3.05, 3.63) is 65.6 Å². The Morgan fingerprint density at radius 1 is 1.23 bits per heavy atom. The molecule has 0 bridgehead atoms. The van der Waals surface area contributed by atoms with Gasteiger partial charge in [-0.15, -0.1) is 0 Å². The molecule has 0 saturated heterocycles. The Morgan fingerprint density at radius 2 is 2.05 bits per heavy atom. The molecule has 0 aliphatic heterocycles. The molecule has 0 radical (unpaired) electrons. The van der Waals surface area contributed by atoms with Gasteiger partial charge in [-0.05, 0) is 42.5 Å². The number of methoxy groups -OCH3 is 1. The van der Waals surface area contributed by atoms with E-state index in [0.717, 1.165) is 10.9 Å². The van der Waals surface area contributed by atoms with Gasteiger partial charge in [-0.3, -0.25) is 0 Å². The number of fused-ring (bicyclic) bond motifs is 1. The molecule has 0 atom stereocenters. The largest absolute Gasteiger partial charge is 0.465 e. The van der Waals surface area contributed by atoms with E-state index < -0.39 is 11.8 Å². The van der Waals surface area contributed by atoms with Crippen molar-refractivity contribution in [2.45, 2.75) is 0 Å². The number of hydrogen-bond acceptors (Lipinski definition) is 3. The zero-order chi connectivity index (χ0) is 15.7. The third-order valence-corrected chi connectivity index (χ3v) is 3.45. The highest BCUT2D eigenvalue weighted by Crippen LogP contribution is 2.24. The minimum Gasteiger partial charge on any atom is -0.465 e. The second-order valence-electron chi connectivity index (χ2n) is 4.73. The van der Waals surface area contributed by atoms with Gasteiger partial charge >= 0.3 is 5.97 Å². The topological polar surface area (TPSA) is 55.0 Å². The van der Waals surface area contributed by atoms with Crippen LogP contribution in [-0.4, -0.2) is 17.6 Å². The van der Waals surface area contributed by atoms with Crippen LogP contribution in [0.3, 0.4) is 0 Å². The third kappa shape index (κ3) is 2.21. The van der Waals surface area contributed by atoms with Crippen LogP contribution in [0.15, 0.2) is 48.7 Å². The predicted molar refractivity (Wildman–Crippen MR) is 79.3 cm³/mol. The summed E-state index contributed by atoms with van der Waals surface area (Å²) in [5.74, 6) is -0.973. The number of esters is 1. The molecule has 0 spiro atoms. The van der Waals surface area contributed by atoms with Gasteiger partial charge in [0.1, 0.15) is 5.82 Å². The lowest BCUT2D eigenvalue weighted by molar-refractivity contribution is 0.0600. The van der Waals surface area contributed by atoms with E-state index in [0.29, 0.717) is 5.56 Å². The number of carbonyl (C=O) groups is 1. The van der Waals surface area contributed by atoms with Gasteiger partial charge in [0.2, 0.25) is 0 Å². The number of carbonyl (C=O) groups excluding carboxylic acids is 1. The van der Waals surface area contributed by atoms with Crippen molar-refractivity contribution in [2.75, 3.05) is 7.11 Å². The van der Waals surface area contributed by atoms with Gasteiger partial charge in [-0.2, -0.15) is 5.26 Å². The minimum absolute atomic E-state index is 0.252. The molecule has 0 saturated carbocycles. The van der Waals surface area contributed by atoms with Crippen molar-refractivity contribution < 1.29 is 13.9 Å². The lowest BCUT2D eigenvalue weighted by atomic mass is 10.1. The van der Waals surface area contributed by atoms with Crippen LogP contribution in [0, 0.1) is 17.1 Å². The van der Waals surface area contributed by atoms with Crippen molar-refractivity contribution in [3.63, 3.8) is 0 Å². The highest BCUT2D eigenvalue weighted by Gasteiger charge is 2.13. The maximum atomic E-state index is 14.1. The van der Waals surface area contributed by atoms with E-state index >= 15 is 0 Å². The highest BCUT2D eigenvalue weighted by atomic mass is 19.1. The maximum Gasteiger partial charge on any atom is 0.337 e. The van der Waals surface area contributed by atoms with Gasteiger partial charge in [0, 0.05) is 11.6 Å². The van der Waals surface area contributed by atoms with Crippen LogP contribution < -0.4 is 0 Å². The van der Waals surface area contributed by atoms with Crippen LogP contribution in [0.5, 0.6) is 0 Å². The summed E-state index contributed by atoms with van der Waals surface area (Å²) in [5, 5.41) is 9.74. The Balaban J connectivity index is 2.19. The molecule has 0 aliphatic rings. The lowest BCUT2D eigenvalue weighted by Crippen LogP contribution is -2.04. The summed E-state index contributed by atoms with van der Waals surface area (Å²) in [6.45, 7) is 0. The second-order valence-corrected chi connectivity index (χ2v) is 4.73. The molecule has 0 amide bonds. The number of aromatic nitrogens is 1. The summed E-state index contributed by atoms with van der Waals surface area (Å²) >= 11 is 0. The zero-order valence-corrected chi connectivity index (χ0v) is 11.7. The van der Waals surface area contributed by atoms with Crippen LogP contribution in [0.25, 0.3) is 16.6 Å². The molecule has 0 N–H and O–H groups in total. The van der Waals surface area contributed by atoms with E-state index in [-0.39, 0.29) is 11.3 Å². The summed E-state index contributed by atoms with van der Waals surface area (Å²) in [6, 6.07) is 13.1. The average molecular weight is 294 g/mol. The van der Waals surface area contributed by atoms with E-state index in [4.69, 9.17) is 5.26 Å². The molecule has 22 heavy (non-hydrogen) atoms. The minimum atomic E-state index is -0.524. The number of benzene rings is 2. The molecule has 1 aromatic heterocycles. The standard InChI is InChI=1S/C17H11FN2O2/c1-22-17(21)13-3-4-14(18)16(9-13)20-7-6-12-8-11(10-19)2-5-15(12)20/h2-9H,1H3. The zero-order valence-electron chi connectivity index (χ0n) is 11.7. The number of nitrogens with zero attached hydrogens (tertiary/aromatic N) is 2. The smallest absolute Gasteiger partial charge is 0.337 e. The monoisotopic (exact) mass is 294 g/mol. The average Bonchev–Trinajstić information content (AvgIpc) is 2.97. The van der Waals surface area contributed by atoms with Crippen LogP contribution in [0.1, 0.15) is 15.9 Å². The molecule has 0 aliphatic carbocycles. The number of rotatable bonds is 2. The molecule has 0 unspecified atom stereocenters. The Kier molecular flexibility index (Phi) is 3.36. The SMILES string of the molecule is COC(=O)c1ccc(F)c(-n2ccc3cc(C#N)ccc32)c1. The van der Waals surface area contributed by atoms with Crippen LogP contribution >= 0.6 is 0 Å². The molecule has 1 heterocycles. The maximum absolute atomic E-state index is 14.1. The molecule has 0 fully saturated rings. The van der Waals surface area contributed by atoms with Crippen LogP contribution in [0.4, 0.5) is 4.39 Å². The van der Waals surface area contributed by atoms with Gasteiger partial charge in [-0.1, -0.05) is 0 Å². The molecule has 3 aromatic rings. The van der Waals surface area contributed by atoms with Gasteiger partial charge in [-0.25, -0.2) is 9.18 Å². The Hall–Kier alpha value is -3.13. The normalized spacial score (nSPS) is 10.4. The first-order valence-corrected chi connectivity index (χ1v) is 6.53. The fourth-order valence-corrected chi connectivity index (χ4v) is 2.36. The Morgan fingerprint density at radius 3 is 2.77 bits per heavy atom. The summed E-state index contributed by atoms with van der Waals surface area (Å²) in [5.41, 5.74) is 1.81. The first kappa shape index (κ1) is 13.8. The number of nitriles is 1. The van der Waals surface area contributed by atoms with Crippen molar-refractivity contribution in [2.24, 2.45) is 0 Å². The van der Waals surface area contributed by atoms with Gasteiger partial charge < -0.3 is 9.30 Å². The van der Waals surface area contributed by atoms with E-state index in [1.165, 1.54) is 25.3 Å². The Labute approximate surface area is 126 Å². The summed E-state index contributed by atoms with van der Waals surface area (Å²) < 4.78 is 20.4. The predicted octanol–water partition coefficient (Wildman–Crippen LogP) is 3.43. The van der Waals surface area contributed by atoms with E-state index in [1.54, 1.807) is 35.0 Å². The quantitative estimate of drug-likeness (QED) is 0.680. The first-order chi connectivity index (χ1) is 10.6. The number of hydrogen-bond donors (Lipinski definition) is 0. The second kappa shape index (κ2) is 5.34. The molecule has 3 rings (SSSR count). The fourth-order valence-electron chi connectivity index (χ4n) is 2.36. The fraction of sp³-hybridized carbons (Fsp3) is 0.0588. The Bertz CT molecular complexity index is 922. The molecule has 108 valence electrons. The van der Waals surface area contributed by atoms with Crippen molar-refractivity contribution >= 4 is 16.9 Å². The molecule has 4 nitrogen and oxygen atoms in total. The van der Waals surface area contributed by atoms with Crippen molar-refractivity contribution in [1.82, 2.24) is 4.57 Å². The van der Waals surface area contributed by atoms with E-state index in [9.17, 15) is 9.18 Å². The number of halogens is 1. The molecular weight excluding hydrogens is 283 g/mol. The summed E-state index contributed by atoms with van der Waals surface area (Å²) in [4.78, 5) is 11.6. The van der Waals surface area contributed by atoms with E-state index in [2.05, 4.69) is 10.8 Å². The highest BCUT2D eigenvalue weighted by molar-refractivity contribution is 5.90. The summed E-state index contributed by atoms with van der Waals surface area (Å²) in [7, 11) is 1.28. The van der Waals surface area contributed by atoms with Crippen molar-refractivity contribution in [3.8, 4) is 11.8 Å². The first-order valence-electron chi connectivity index (χ1n) is 6.53. The van der Waals surface area contributed by atoms with Gasteiger partial charge in [0.25, 0.3) is 0 Å². The van der Waals surface area contributed by atoms with Gasteiger partial charge in [0.15, 0.2) is 0 Å². The van der Waals surface area contributed by atoms with Gasteiger partial charge in [0.05, 0.1) is 35.5 Å². The third-order valence-electron chi connectivity index (χ3n) is 3.45. The molecule has 2 aromatic carbocycles. The van der Waals surface area contributed by atoms with Crippen LogP contribution in [-0.2, 0) is 4.74 Å². The summed E-state index contributed by atoms with van der Waals surface area (Å²) in [6.07, 6.45) is 1.70. The van der Waals surface area contributed by atoms with Crippen molar-refractivity contribution in [1.29, 1.82) is 5.26 Å².